The maximum atomic E-state index is 9.86. The lowest BCUT2D eigenvalue weighted by Crippen LogP contribution is -2.02. The second-order valence-corrected chi connectivity index (χ2v) is 8.27. The van der Waals surface area contributed by atoms with Gasteiger partial charge in [0, 0.05) is 10.5 Å². The largest absolute Gasteiger partial charge is 0.336 e. The molecular formula is C19H25ClN2O2S. The van der Waals surface area contributed by atoms with E-state index in [4.69, 9.17) is 11.6 Å². The lowest BCUT2D eigenvalue weighted by atomic mass is 10.1. The average molecular weight is 381 g/mol. The topological polar surface area (TPSA) is 66.2 Å². The molecule has 0 amide bonds. The molecule has 0 bridgehead atoms. The van der Waals surface area contributed by atoms with Crippen LogP contribution in [0.3, 0.4) is 0 Å². The number of rotatable bonds is 9. The molecule has 2 rings (SSSR count). The zero-order valence-corrected chi connectivity index (χ0v) is 16.1. The van der Waals surface area contributed by atoms with Gasteiger partial charge < -0.3 is 10.2 Å². The number of halogens is 1. The zero-order valence-electron chi connectivity index (χ0n) is 14.5. The Morgan fingerprint density at radius 2 is 1.68 bits per heavy atom. The quantitative estimate of drug-likeness (QED) is 0.414. The van der Waals surface area contributed by atoms with E-state index in [9.17, 15) is 10.2 Å². The van der Waals surface area contributed by atoms with Crippen molar-refractivity contribution in [2.75, 3.05) is 5.75 Å². The minimum absolute atomic E-state index is 0.261. The van der Waals surface area contributed by atoms with Crippen LogP contribution in [-0.4, -0.2) is 31.4 Å². The predicted octanol–water partition coefficient (Wildman–Crippen LogP) is 5.99. The Labute approximate surface area is 156 Å². The molecule has 1 heterocycles. The van der Waals surface area contributed by atoms with Gasteiger partial charge in [-0.05, 0) is 18.2 Å². The molecule has 136 valence electrons. The Balaban J connectivity index is 2.21. The van der Waals surface area contributed by atoms with Gasteiger partial charge in [-0.2, -0.15) is 0 Å². The van der Waals surface area contributed by atoms with Crippen molar-refractivity contribution < 1.29 is 10.2 Å². The second kappa shape index (κ2) is 10.7. The highest BCUT2D eigenvalue weighted by Gasteiger charge is 2.15. The summed E-state index contributed by atoms with van der Waals surface area (Å²) in [6, 6.07) is 11.3. The summed E-state index contributed by atoms with van der Waals surface area (Å²) in [5.74, 6) is 0.677. The molecule has 1 atom stereocenters. The Morgan fingerprint density at radius 3 is 2.36 bits per heavy atom. The number of unbranched alkanes of at least 4 members (excludes halogenated alkanes) is 5. The molecule has 0 aliphatic rings. The number of hydrogen-bond acceptors (Lipinski definition) is 2. The maximum Gasteiger partial charge on any atom is 0.209 e. The van der Waals surface area contributed by atoms with Crippen molar-refractivity contribution in [1.29, 1.82) is 0 Å². The van der Waals surface area contributed by atoms with Gasteiger partial charge in [-0.1, -0.05) is 91.4 Å². The van der Waals surface area contributed by atoms with Crippen molar-refractivity contribution in [2.24, 2.45) is 0 Å². The highest BCUT2D eigenvalue weighted by molar-refractivity contribution is 8.15. The van der Waals surface area contributed by atoms with E-state index in [0.29, 0.717) is 11.4 Å². The number of benzene rings is 1. The first-order valence-electron chi connectivity index (χ1n) is 8.68. The summed E-state index contributed by atoms with van der Waals surface area (Å²) >= 11 is 6.03. The molecule has 4 nitrogen and oxygen atoms in total. The van der Waals surface area contributed by atoms with Crippen molar-refractivity contribution in [1.82, 2.24) is 10.2 Å². The van der Waals surface area contributed by atoms with Crippen LogP contribution in [0.2, 0.25) is 5.15 Å². The van der Waals surface area contributed by atoms with Crippen LogP contribution in [0.15, 0.2) is 41.3 Å². The number of hydrogen-bond donors (Lipinski definition) is 2. The second-order valence-electron chi connectivity index (χ2n) is 5.89. The first-order chi connectivity index (χ1) is 12.1. The molecule has 6 heteroatoms. The van der Waals surface area contributed by atoms with Gasteiger partial charge in [0.05, 0.1) is 0 Å². The van der Waals surface area contributed by atoms with E-state index < -0.39 is 15.7 Å². The van der Waals surface area contributed by atoms with Gasteiger partial charge in [-0.25, -0.2) is 0 Å². The fraction of sp³-hybridized carbons (Fsp3) is 0.421. The third kappa shape index (κ3) is 6.19. The van der Waals surface area contributed by atoms with Crippen LogP contribution in [0.1, 0.15) is 45.4 Å². The number of aromatic nitrogens is 2. The van der Waals surface area contributed by atoms with Gasteiger partial charge in [-0.15, -0.1) is 10.2 Å². The maximum absolute atomic E-state index is 9.86. The van der Waals surface area contributed by atoms with Crippen molar-refractivity contribution in [3.8, 4) is 11.3 Å². The lowest BCUT2D eigenvalue weighted by Gasteiger charge is -2.14. The number of nitrogens with zero attached hydrogens (tertiary/aromatic N) is 2. The molecule has 0 saturated heterocycles. The van der Waals surface area contributed by atoms with Crippen LogP contribution in [0.25, 0.3) is 11.3 Å². The van der Waals surface area contributed by atoms with Crippen LogP contribution < -0.4 is 0 Å². The minimum Gasteiger partial charge on any atom is -0.336 e. The molecule has 0 saturated carbocycles. The van der Waals surface area contributed by atoms with E-state index in [1.165, 1.54) is 25.7 Å². The van der Waals surface area contributed by atoms with E-state index in [2.05, 4.69) is 17.1 Å². The Bertz CT molecular complexity index is 704. The van der Waals surface area contributed by atoms with E-state index in [0.717, 1.165) is 23.3 Å². The van der Waals surface area contributed by atoms with Crippen LogP contribution in [0.4, 0.5) is 0 Å². The van der Waals surface area contributed by atoms with Gasteiger partial charge in [0.15, 0.2) is 5.15 Å². The Kier molecular flexibility index (Phi) is 8.55. The van der Waals surface area contributed by atoms with Crippen LogP contribution in [0, 0.1) is 0 Å². The fourth-order valence-corrected chi connectivity index (χ4v) is 4.61. The summed E-state index contributed by atoms with van der Waals surface area (Å²) in [7, 11) is -0.828. The van der Waals surface area contributed by atoms with Gasteiger partial charge in [0.1, 0.15) is 5.69 Å². The van der Waals surface area contributed by atoms with Crippen molar-refractivity contribution >= 4 is 27.3 Å². The fourth-order valence-electron chi connectivity index (χ4n) is 2.66. The first kappa shape index (κ1) is 20.0. The van der Waals surface area contributed by atoms with Gasteiger partial charge in [-0.3, -0.25) is 0 Å². The van der Waals surface area contributed by atoms with Gasteiger partial charge in [0.2, 0.25) is 5.24 Å². The van der Waals surface area contributed by atoms with Gasteiger partial charge in [0.25, 0.3) is 0 Å². The zero-order chi connectivity index (χ0) is 18.1. The molecule has 1 aromatic carbocycles. The van der Waals surface area contributed by atoms with E-state index >= 15 is 0 Å². The monoisotopic (exact) mass is 380 g/mol. The molecule has 2 N–H and O–H groups in total. The highest BCUT2D eigenvalue weighted by Crippen LogP contribution is 2.37. The summed E-state index contributed by atoms with van der Waals surface area (Å²) < 4.78 is 0. The summed E-state index contributed by atoms with van der Waals surface area (Å²) in [5.41, 5.74) is 1.54. The minimum atomic E-state index is -0.828. The third-order valence-corrected chi connectivity index (χ3v) is 6.13. The van der Waals surface area contributed by atoms with E-state index in [1.54, 1.807) is 6.07 Å². The molecule has 2 aromatic rings. The SMILES string of the molecule is CCCCCCCCS(=C(O)O)c1cc(Cl)nnc1-c1ccccc1. The Morgan fingerprint density at radius 1 is 1.00 bits per heavy atom. The number of aliphatic hydroxyl groups excluding tert-OH is 1. The average Bonchev–Trinajstić information content (AvgIpc) is 2.61. The molecule has 1 unspecified atom stereocenters. The predicted molar refractivity (Wildman–Crippen MR) is 107 cm³/mol. The standard InChI is InChI=1S/C19H25ClN2O2S/c1-2-3-4-5-6-10-13-25(19(23)24)16-14-17(20)21-22-18(16)15-11-8-7-9-12-15/h7-9,11-12,14,23-24H,2-6,10,13H2,1H3. The highest BCUT2D eigenvalue weighted by atomic mass is 35.5. The molecule has 1 aromatic heterocycles. The molecule has 0 aliphatic heterocycles. The summed E-state index contributed by atoms with van der Waals surface area (Å²) in [4.78, 5) is 0.736. The third-order valence-electron chi connectivity index (χ3n) is 3.96. The van der Waals surface area contributed by atoms with Crippen molar-refractivity contribution in [3.05, 3.63) is 41.6 Å². The normalized spacial score (nSPS) is 12.2. The summed E-state index contributed by atoms with van der Waals surface area (Å²) in [6.45, 7) is 2.20. The van der Waals surface area contributed by atoms with Crippen molar-refractivity contribution in [2.45, 2.75) is 50.3 Å². The Hall–Kier alpha value is -1.27. The lowest BCUT2D eigenvalue weighted by molar-refractivity contribution is 0.384. The van der Waals surface area contributed by atoms with Crippen LogP contribution in [0.5, 0.6) is 0 Å². The summed E-state index contributed by atoms with van der Waals surface area (Å²) in [6.07, 6.45) is 6.91. The molecule has 0 fully saturated rings. The van der Waals surface area contributed by atoms with Crippen molar-refractivity contribution in [3.63, 3.8) is 0 Å². The smallest absolute Gasteiger partial charge is 0.209 e. The van der Waals surface area contributed by atoms with E-state index in [-0.39, 0.29) is 5.15 Å². The summed E-state index contributed by atoms with van der Waals surface area (Å²) in [5, 5.41) is 27.6. The molecule has 0 aliphatic carbocycles. The van der Waals surface area contributed by atoms with Gasteiger partial charge >= 0.3 is 0 Å². The first-order valence-corrected chi connectivity index (χ1v) is 10.4. The van der Waals surface area contributed by atoms with E-state index in [1.807, 2.05) is 30.3 Å². The number of aliphatic hydroxyl groups is 2. The molecular weight excluding hydrogens is 356 g/mol. The molecule has 0 spiro atoms. The van der Waals surface area contributed by atoms with Crippen LogP contribution in [-0.2, 0) is 0 Å². The van der Waals surface area contributed by atoms with Crippen LogP contribution >= 0.6 is 22.1 Å². The molecule has 0 radical (unpaired) electrons. The molecule has 25 heavy (non-hydrogen) atoms.